The van der Waals surface area contributed by atoms with E-state index in [0.717, 1.165) is 0 Å². The van der Waals surface area contributed by atoms with Gasteiger partial charge < -0.3 is 0 Å². The van der Waals surface area contributed by atoms with Gasteiger partial charge in [0, 0.05) is 5.88 Å². The first-order valence-electron chi connectivity index (χ1n) is 2.68. The molecule has 0 fully saturated rings. The zero-order valence-electron chi connectivity index (χ0n) is 4.94. The minimum atomic E-state index is -0.708. The van der Waals surface area contributed by atoms with E-state index in [9.17, 15) is 9.18 Å². The van der Waals surface area contributed by atoms with Gasteiger partial charge in [-0.2, -0.15) is 0 Å². The minimum Gasteiger partial charge on any atom is -0.295 e. The summed E-state index contributed by atoms with van der Waals surface area (Å²) in [4.78, 5) is 9.62. The first-order valence-corrected chi connectivity index (χ1v) is 3.21. The van der Waals surface area contributed by atoms with Gasteiger partial charge in [0.15, 0.2) is 12.1 Å². The quantitative estimate of drug-likeness (QED) is 0.260. The minimum absolute atomic E-state index is 0.189. The second-order valence-electron chi connectivity index (χ2n) is 1.54. The zero-order chi connectivity index (χ0) is 7.11. The van der Waals surface area contributed by atoms with Crippen molar-refractivity contribution in [1.29, 1.82) is 0 Å². The summed E-state index contributed by atoms with van der Waals surface area (Å²) < 4.78 is 11.9. The Bertz CT molecular complexity index is 112. The van der Waals surface area contributed by atoms with Crippen molar-refractivity contribution in [3.63, 3.8) is 0 Å². The second kappa shape index (κ2) is 5.76. The smallest absolute Gasteiger partial charge is 0.178 e. The maximum absolute atomic E-state index is 11.9. The van der Waals surface area contributed by atoms with Gasteiger partial charge in [0.05, 0.1) is 0 Å². The third-order valence-electron chi connectivity index (χ3n) is 0.790. The van der Waals surface area contributed by atoms with Crippen LogP contribution in [-0.4, -0.2) is 12.2 Å². The number of carbonyl (C=O) groups excluding carboxylic acids is 1. The molecule has 0 amide bonds. The Hall–Kier alpha value is -0.370. The lowest BCUT2D eigenvalue weighted by Gasteiger charge is -1.84. The van der Waals surface area contributed by atoms with Gasteiger partial charge in [0.2, 0.25) is 0 Å². The fourth-order valence-corrected chi connectivity index (χ4v) is 0.520. The fourth-order valence-electron chi connectivity index (χ4n) is 0.365. The van der Waals surface area contributed by atoms with Crippen LogP contribution in [0.1, 0.15) is 12.8 Å². The Morgan fingerprint density at radius 1 is 1.67 bits per heavy atom. The number of hydrogen-bond acceptors (Lipinski definition) is 1. The lowest BCUT2D eigenvalue weighted by Crippen LogP contribution is -1.76. The Kier molecular flexibility index (Phi) is 5.52. The molecule has 0 aromatic heterocycles. The van der Waals surface area contributed by atoms with Crippen LogP contribution in [0.2, 0.25) is 0 Å². The zero-order valence-corrected chi connectivity index (χ0v) is 5.70. The molecule has 0 N–H and O–H groups in total. The molecule has 0 bridgehead atoms. The van der Waals surface area contributed by atoms with Gasteiger partial charge in [0.1, 0.15) is 0 Å². The van der Waals surface area contributed by atoms with Crippen molar-refractivity contribution >= 4 is 17.9 Å². The monoisotopic (exact) mass is 150 g/mol. The predicted octanol–water partition coefficient (Wildman–Crippen LogP) is 2.06. The molecule has 0 radical (unpaired) electrons. The maximum Gasteiger partial charge on any atom is 0.178 e. The maximum atomic E-state index is 11.9. The van der Waals surface area contributed by atoms with Crippen LogP contribution in [0.25, 0.3) is 0 Å². The lowest BCUT2D eigenvalue weighted by molar-refractivity contribution is -0.106. The molecule has 0 aliphatic heterocycles. The standard InChI is InChI=1S/C6H8ClFO/c7-4-2-1-3-6(8)5-9/h3,5H,1-2,4H2/b6-3-. The van der Waals surface area contributed by atoms with Crippen molar-refractivity contribution in [2.24, 2.45) is 0 Å². The summed E-state index contributed by atoms with van der Waals surface area (Å²) in [5, 5.41) is 0. The number of carbonyl (C=O) groups is 1. The number of rotatable bonds is 4. The predicted molar refractivity (Wildman–Crippen MR) is 35.2 cm³/mol. The molecule has 3 heteroatoms. The van der Waals surface area contributed by atoms with Crippen LogP contribution in [0.5, 0.6) is 0 Å². The van der Waals surface area contributed by atoms with E-state index in [1.165, 1.54) is 6.08 Å². The van der Waals surface area contributed by atoms with Crippen LogP contribution < -0.4 is 0 Å². The van der Waals surface area contributed by atoms with Gasteiger partial charge in [-0.05, 0) is 18.9 Å². The molecule has 0 unspecified atom stereocenters. The van der Waals surface area contributed by atoms with E-state index >= 15 is 0 Å². The van der Waals surface area contributed by atoms with Crippen LogP contribution in [0.3, 0.4) is 0 Å². The van der Waals surface area contributed by atoms with Gasteiger partial charge in [-0.25, -0.2) is 4.39 Å². The largest absolute Gasteiger partial charge is 0.295 e. The average Bonchev–Trinajstić information content (AvgIpc) is 1.89. The highest BCUT2D eigenvalue weighted by molar-refractivity contribution is 6.17. The number of alkyl halides is 1. The Morgan fingerprint density at radius 2 is 2.33 bits per heavy atom. The van der Waals surface area contributed by atoms with E-state index in [0.29, 0.717) is 18.7 Å². The summed E-state index contributed by atoms with van der Waals surface area (Å²) in [5.74, 6) is -0.206. The number of allylic oxidation sites excluding steroid dienone is 2. The molecular weight excluding hydrogens is 143 g/mol. The molecule has 0 rings (SSSR count). The van der Waals surface area contributed by atoms with Gasteiger partial charge in [-0.3, -0.25) is 4.79 Å². The van der Waals surface area contributed by atoms with Gasteiger partial charge >= 0.3 is 0 Å². The molecule has 0 saturated heterocycles. The van der Waals surface area contributed by atoms with Crippen molar-refractivity contribution in [2.75, 3.05) is 5.88 Å². The van der Waals surface area contributed by atoms with E-state index in [-0.39, 0.29) is 6.29 Å². The van der Waals surface area contributed by atoms with E-state index in [1.54, 1.807) is 0 Å². The Labute approximate surface area is 58.5 Å². The molecule has 0 spiro atoms. The van der Waals surface area contributed by atoms with Crippen molar-refractivity contribution in [3.8, 4) is 0 Å². The van der Waals surface area contributed by atoms with Crippen LogP contribution in [0.4, 0.5) is 4.39 Å². The molecular formula is C6H8ClFO. The highest BCUT2D eigenvalue weighted by Crippen LogP contribution is 1.98. The lowest BCUT2D eigenvalue weighted by atomic mass is 10.3. The molecule has 0 aliphatic rings. The van der Waals surface area contributed by atoms with Gasteiger partial charge in [0.25, 0.3) is 0 Å². The second-order valence-corrected chi connectivity index (χ2v) is 1.92. The molecule has 52 valence electrons. The SMILES string of the molecule is O=C/C(F)=C/CCCCl. The van der Waals surface area contributed by atoms with Gasteiger partial charge in [-0.1, -0.05) is 0 Å². The average molecular weight is 151 g/mol. The van der Waals surface area contributed by atoms with E-state index in [1.807, 2.05) is 0 Å². The Balaban J connectivity index is 3.31. The number of unbranched alkanes of at least 4 members (excludes halogenated alkanes) is 1. The summed E-state index contributed by atoms with van der Waals surface area (Å²) in [7, 11) is 0. The third kappa shape index (κ3) is 5.50. The van der Waals surface area contributed by atoms with E-state index < -0.39 is 5.83 Å². The first-order chi connectivity index (χ1) is 4.31. The van der Waals surface area contributed by atoms with Crippen molar-refractivity contribution in [2.45, 2.75) is 12.8 Å². The van der Waals surface area contributed by atoms with E-state index in [2.05, 4.69) is 0 Å². The highest BCUT2D eigenvalue weighted by Gasteiger charge is 1.87. The highest BCUT2D eigenvalue weighted by atomic mass is 35.5. The molecule has 0 atom stereocenters. The van der Waals surface area contributed by atoms with E-state index in [4.69, 9.17) is 11.6 Å². The number of hydrogen-bond donors (Lipinski definition) is 0. The molecule has 9 heavy (non-hydrogen) atoms. The normalized spacial score (nSPS) is 11.6. The summed E-state index contributed by atoms with van der Waals surface area (Å²) in [5.41, 5.74) is 0. The molecule has 1 nitrogen and oxygen atoms in total. The molecule has 0 aromatic rings. The molecule has 0 aliphatic carbocycles. The molecule has 0 aromatic carbocycles. The third-order valence-corrected chi connectivity index (χ3v) is 1.06. The summed E-state index contributed by atoms with van der Waals surface area (Å²) in [6.45, 7) is 0. The fraction of sp³-hybridized carbons (Fsp3) is 0.500. The van der Waals surface area contributed by atoms with Crippen molar-refractivity contribution < 1.29 is 9.18 Å². The van der Waals surface area contributed by atoms with Crippen molar-refractivity contribution in [1.82, 2.24) is 0 Å². The Morgan fingerprint density at radius 3 is 2.78 bits per heavy atom. The summed E-state index contributed by atoms with van der Waals surface area (Å²) >= 11 is 5.29. The molecule has 0 heterocycles. The molecule has 0 saturated carbocycles. The summed E-state index contributed by atoms with van der Waals surface area (Å²) in [6, 6.07) is 0. The van der Waals surface area contributed by atoms with Crippen LogP contribution >= 0.6 is 11.6 Å². The van der Waals surface area contributed by atoms with Crippen LogP contribution in [-0.2, 0) is 4.79 Å². The summed E-state index contributed by atoms with van der Waals surface area (Å²) in [6.07, 6.45) is 2.67. The first kappa shape index (κ1) is 8.63. The van der Waals surface area contributed by atoms with Crippen LogP contribution in [0.15, 0.2) is 11.9 Å². The van der Waals surface area contributed by atoms with Crippen LogP contribution in [0, 0.1) is 0 Å². The topological polar surface area (TPSA) is 17.1 Å². The number of halogens is 2. The van der Waals surface area contributed by atoms with Gasteiger partial charge in [-0.15, -0.1) is 11.6 Å². The number of aldehydes is 1. The van der Waals surface area contributed by atoms with Crippen molar-refractivity contribution in [3.05, 3.63) is 11.9 Å².